The topological polar surface area (TPSA) is 0 Å². The molecule has 0 nitrogen and oxygen atoms in total. The quantitative estimate of drug-likeness (QED) is 0.517. The van der Waals surface area contributed by atoms with Gasteiger partial charge in [-0.25, -0.2) is 0 Å². The Morgan fingerprint density at radius 3 is 2.30 bits per heavy atom. The van der Waals surface area contributed by atoms with E-state index in [2.05, 4.69) is 10.2 Å². The summed E-state index contributed by atoms with van der Waals surface area (Å²) >= 11 is 5.86. The van der Waals surface area contributed by atoms with E-state index in [-0.39, 0.29) is 0 Å². The molecule has 0 aliphatic rings. The maximum atomic E-state index is 5.86. The van der Waals surface area contributed by atoms with Gasteiger partial charge < -0.3 is 0 Å². The Morgan fingerprint density at radius 2 is 1.80 bits per heavy atom. The molecule has 0 amide bonds. The summed E-state index contributed by atoms with van der Waals surface area (Å²) in [7, 11) is 3.47. The predicted octanol–water partition coefficient (Wildman–Crippen LogP) is 1.75. The molecule has 0 aromatic heterocycles. The Morgan fingerprint density at radius 1 is 1.20 bits per heavy atom. The van der Waals surface area contributed by atoms with E-state index < -0.39 is 0 Å². The van der Waals surface area contributed by atoms with Crippen LogP contribution in [-0.4, -0.2) is 10.2 Å². The highest BCUT2D eigenvalue weighted by Crippen LogP contribution is 2.15. The minimum Gasteiger partial charge on any atom is -0.0840 e. The smallest absolute Gasteiger partial charge is 0.0715 e. The normalized spacial score (nSPS) is 10.0. The second kappa shape index (κ2) is 2.77. The molecule has 0 saturated heterocycles. The van der Waals surface area contributed by atoms with Crippen molar-refractivity contribution in [1.82, 2.24) is 0 Å². The summed E-state index contributed by atoms with van der Waals surface area (Å²) < 4.78 is 0. The molecule has 0 aliphatic heterocycles. The molecule has 3 radical (unpaired) electrons. The van der Waals surface area contributed by atoms with E-state index >= 15 is 0 Å². The molecule has 0 bridgehead atoms. The summed E-state index contributed by atoms with van der Waals surface area (Å²) in [6.07, 6.45) is 0. The first-order valence-electron chi connectivity index (χ1n) is 3.10. The van der Waals surface area contributed by atoms with Gasteiger partial charge in [0, 0.05) is 5.02 Å². The molecular weight excluding hydrogens is 160 g/mol. The highest BCUT2D eigenvalue weighted by atomic mass is 35.5. The van der Waals surface area contributed by atoms with E-state index in [1.807, 2.05) is 26.0 Å². The summed E-state index contributed by atoms with van der Waals surface area (Å²) in [5.41, 5.74) is 2.36. The van der Waals surface area contributed by atoms with Gasteiger partial charge in [-0.05, 0) is 31.0 Å². The van der Waals surface area contributed by atoms with Gasteiger partial charge in [-0.2, -0.15) is 0 Å². The van der Waals surface area contributed by atoms with Crippen molar-refractivity contribution in [2.45, 2.75) is 13.8 Å². The fourth-order valence-corrected chi connectivity index (χ4v) is 1.26. The molecule has 0 spiro atoms. The molecule has 1 aromatic carbocycles. The highest BCUT2D eigenvalue weighted by molar-refractivity contribution is 6.35. The lowest BCUT2D eigenvalue weighted by Crippen LogP contribution is -2.08. The van der Waals surface area contributed by atoms with E-state index in [9.17, 15) is 0 Å². The van der Waals surface area contributed by atoms with E-state index in [0.717, 1.165) is 15.8 Å². The van der Waals surface area contributed by atoms with Crippen molar-refractivity contribution < 1.29 is 0 Å². The van der Waals surface area contributed by atoms with Gasteiger partial charge in [0.15, 0.2) is 0 Å². The predicted molar refractivity (Wildman–Crippen MR) is 46.3 cm³/mol. The van der Waals surface area contributed by atoms with Crippen molar-refractivity contribution in [3.8, 4) is 0 Å². The molecule has 0 atom stereocenters. The van der Waals surface area contributed by atoms with Gasteiger partial charge in [-0.15, -0.1) is 0 Å². The number of hydrogen-bond acceptors (Lipinski definition) is 0. The third kappa shape index (κ3) is 1.25. The number of halogens is 1. The Balaban J connectivity index is 3.34. The van der Waals surface area contributed by atoms with Crippen LogP contribution in [0, 0.1) is 13.8 Å². The zero-order chi connectivity index (χ0) is 7.72. The maximum Gasteiger partial charge on any atom is 0.0715 e. The average Bonchev–Trinajstić information content (AvgIpc) is 1.93. The summed E-state index contributed by atoms with van der Waals surface area (Å²) in [4.78, 5) is 0. The Kier molecular flexibility index (Phi) is 2.17. The third-order valence-corrected chi connectivity index (χ3v) is 2.67. The second-order valence-electron chi connectivity index (χ2n) is 2.34. The van der Waals surface area contributed by atoms with E-state index in [1.54, 1.807) is 0 Å². The van der Waals surface area contributed by atoms with Gasteiger partial charge in [-0.3, -0.25) is 0 Å². The van der Waals surface area contributed by atoms with Gasteiger partial charge in [-0.1, -0.05) is 22.9 Å². The van der Waals surface area contributed by atoms with Gasteiger partial charge >= 0.3 is 0 Å². The molecule has 0 heterocycles. The van der Waals surface area contributed by atoms with Crippen molar-refractivity contribution in [2.75, 3.05) is 0 Å². The van der Waals surface area contributed by atoms with Gasteiger partial charge in [0.05, 0.1) is 10.2 Å². The standard InChI is InChI=1S/C8H8ClSi/c1-5-6(2)8(10)4-3-7(5)9/h3-4H,1-2H3. The fourth-order valence-electron chi connectivity index (χ4n) is 0.788. The monoisotopic (exact) mass is 167 g/mol. The molecule has 1 aromatic rings. The molecule has 0 fully saturated rings. The van der Waals surface area contributed by atoms with Gasteiger partial charge in [0.1, 0.15) is 0 Å². The van der Waals surface area contributed by atoms with E-state index in [0.29, 0.717) is 0 Å². The van der Waals surface area contributed by atoms with Crippen molar-refractivity contribution in [1.29, 1.82) is 0 Å². The van der Waals surface area contributed by atoms with Crippen LogP contribution in [0.1, 0.15) is 11.1 Å². The first-order chi connectivity index (χ1) is 4.63. The summed E-state index contributed by atoms with van der Waals surface area (Å²) in [5.74, 6) is 0. The minimum absolute atomic E-state index is 0.833. The van der Waals surface area contributed by atoms with Crippen LogP contribution in [0.2, 0.25) is 5.02 Å². The minimum atomic E-state index is 0.833. The molecule has 2 heteroatoms. The Labute approximate surface area is 69.6 Å². The molecule has 1 rings (SSSR count). The van der Waals surface area contributed by atoms with Crippen molar-refractivity contribution >= 4 is 27.0 Å². The number of benzene rings is 1. The first kappa shape index (κ1) is 7.83. The summed E-state index contributed by atoms with van der Waals surface area (Å²) in [5, 5.41) is 1.95. The lowest BCUT2D eigenvalue weighted by Gasteiger charge is -2.04. The van der Waals surface area contributed by atoms with Crippen LogP contribution < -0.4 is 5.19 Å². The summed E-state index contributed by atoms with van der Waals surface area (Å²) in [6.45, 7) is 4.06. The van der Waals surface area contributed by atoms with Crippen molar-refractivity contribution in [3.05, 3.63) is 28.3 Å². The van der Waals surface area contributed by atoms with Crippen LogP contribution in [-0.2, 0) is 0 Å². The lowest BCUT2D eigenvalue weighted by molar-refractivity contribution is 1.37. The SMILES string of the molecule is Cc1c([Si])ccc(Cl)c1C. The molecule has 0 saturated carbocycles. The Hall–Kier alpha value is -0.273. The van der Waals surface area contributed by atoms with Crippen LogP contribution in [0.3, 0.4) is 0 Å². The van der Waals surface area contributed by atoms with Crippen LogP contribution in [0.4, 0.5) is 0 Å². The van der Waals surface area contributed by atoms with Crippen LogP contribution in [0.25, 0.3) is 0 Å². The van der Waals surface area contributed by atoms with Gasteiger partial charge in [0.2, 0.25) is 0 Å². The molecule has 0 aliphatic carbocycles. The van der Waals surface area contributed by atoms with Crippen molar-refractivity contribution in [3.63, 3.8) is 0 Å². The molecule has 0 N–H and O–H groups in total. The number of rotatable bonds is 0. The molecule has 10 heavy (non-hydrogen) atoms. The van der Waals surface area contributed by atoms with Crippen LogP contribution in [0.15, 0.2) is 12.1 Å². The third-order valence-electron chi connectivity index (χ3n) is 1.72. The zero-order valence-electron chi connectivity index (χ0n) is 6.03. The zero-order valence-corrected chi connectivity index (χ0v) is 7.79. The largest absolute Gasteiger partial charge is 0.0840 e. The van der Waals surface area contributed by atoms with E-state index in [4.69, 9.17) is 11.6 Å². The number of hydrogen-bond donors (Lipinski definition) is 0. The van der Waals surface area contributed by atoms with Crippen LogP contribution in [0.5, 0.6) is 0 Å². The lowest BCUT2D eigenvalue weighted by atomic mass is 10.1. The molecule has 0 unspecified atom stereocenters. The summed E-state index contributed by atoms with van der Waals surface area (Å²) in [6, 6.07) is 3.85. The first-order valence-corrected chi connectivity index (χ1v) is 3.98. The second-order valence-corrected chi connectivity index (χ2v) is 3.29. The highest BCUT2D eigenvalue weighted by Gasteiger charge is 1.99. The fraction of sp³-hybridized carbons (Fsp3) is 0.250. The van der Waals surface area contributed by atoms with Crippen molar-refractivity contribution in [2.24, 2.45) is 0 Å². The Bertz CT molecular complexity index is 229. The van der Waals surface area contributed by atoms with E-state index in [1.165, 1.54) is 5.56 Å². The van der Waals surface area contributed by atoms with Gasteiger partial charge in [0.25, 0.3) is 0 Å². The molecular formula is C8H8ClSi. The average molecular weight is 168 g/mol. The van der Waals surface area contributed by atoms with Crippen LogP contribution >= 0.6 is 11.6 Å². The maximum absolute atomic E-state index is 5.86. The molecule has 51 valence electrons.